The Labute approximate surface area is 139 Å². The van der Waals surface area contributed by atoms with Crippen LogP contribution in [-0.2, 0) is 9.53 Å². The number of nitrogens with one attached hydrogen (secondary N) is 1. The second kappa shape index (κ2) is 6.97. The molecule has 2 aromatic carbocycles. The van der Waals surface area contributed by atoms with Crippen molar-refractivity contribution in [2.24, 2.45) is 5.41 Å². The number of anilines is 1. The van der Waals surface area contributed by atoms with Crippen molar-refractivity contribution in [3.8, 4) is 0 Å². The van der Waals surface area contributed by atoms with Crippen LogP contribution in [0.1, 0.15) is 25.5 Å². The summed E-state index contributed by atoms with van der Waals surface area (Å²) >= 11 is 3.43. The molecule has 0 radical (unpaired) electrons. The molecule has 0 spiro atoms. The van der Waals surface area contributed by atoms with E-state index >= 15 is 0 Å². The summed E-state index contributed by atoms with van der Waals surface area (Å²) in [5.41, 5.74) is 1.29. The van der Waals surface area contributed by atoms with Crippen LogP contribution in [0.2, 0.25) is 0 Å². The predicted molar refractivity (Wildman–Crippen MR) is 92.7 cm³/mol. The number of ether oxygens (including phenoxy) is 1. The average molecular weight is 362 g/mol. The highest BCUT2D eigenvalue weighted by Gasteiger charge is 2.39. The monoisotopic (exact) mass is 361 g/mol. The molecule has 0 heterocycles. The second-order valence-corrected chi connectivity index (χ2v) is 6.62. The van der Waals surface area contributed by atoms with Crippen LogP contribution in [0.4, 0.5) is 5.69 Å². The lowest BCUT2D eigenvalue weighted by molar-refractivity contribution is -0.151. The summed E-state index contributed by atoms with van der Waals surface area (Å²) in [7, 11) is 1.42. The van der Waals surface area contributed by atoms with Gasteiger partial charge in [-0.1, -0.05) is 46.3 Å². The molecule has 4 heteroatoms. The Morgan fingerprint density at radius 1 is 1.09 bits per heavy atom. The van der Waals surface area contributed by atoms with E-state index in [0.29, 0.717) is 0 Å². The molecule has 3 nitrogen and oxygen atoms in total. The highest BCUT2D eigenvalue weighted by Crippen LogP contribution is 2.37. The molecule has 2 aromatic rings. The minimum Gasteiger partial charge on any atom is -0.469 e. The van der Waals surface area contributed by atoms with Gasteiger partial charge in [0.15, 0.2) is 0 Å². The Kier molecular flexibility index (Phi) is 5.24. The normalized spacial score (nSPS) is 12.5. The van der Waals surface area contributed by atoms with Gasteiger partial charge in [-0.05, 0) is 43.7 Å². The van der Waals surface area contributed by atoms with Crippen molar-refractivity contribution in [1.29, 1.82) is 0 Å². The Morgan fingerprint density at radius 3 is 2.23 bits per heavy atom. The first-order valence-corrected chi connectivity index (χ1v) is 7.90. The number of methoxy groups -OCH3 is 1. The Bertz CT molecular complexity index is 623. The third-order valence-electron chi connectivity index (χ3n) is 3.72. The van der Waals surface area contributed by atoms with E-state index in [1.54, 1.807) is 0 Å². The summed E-state index contributed by atoms with van der Waals surface area (Å²) in [6.45, 7) is 3.78. The summed E-state index contributed by atoms with van der Waals surface area (Å²) in [6, 6.07) is 17.6. The molecular formula is C18H20BrNO2. The molecule has 0 amide bonds. The standard InChI is InChI=1S/C18H20BrNO2/c1-18(2,17(21)22-3)16(13-7-5-4-6-8-13)20-15-11-9-14(19)10-12-15/h4-12,16,20H,1-3H3. The molecule has 1 unspecified atom stereocenters. The molecule has 0 saturated carbocycles. The third-order valence-corrected chi connectivity index (χ3v) is 4.25. The first-order valence-electron chi connectivity index (χ1n) is 7.10. The van der Waals surface area contributed by atoms with Crippen molar-refractivity contribution >= 4 is 27.6 Å². The van der Waals surface area contributed by atoms with Crippen molar-refractivity contribution in [1.82, 2.24) is 0 Å². The predicted octanol–water partition coefficient (Wildman–Crippen LogP) is 4.80. The van der Waals surface area contributed by atoms with E-state index in [1.807, 2.05) is 68.4 Å². The molecule has 0 aromatic heterocycles. The zero-order valence-corrected chi connectivity index (χ0v) is 14.6. The van der Waals surface area contributed by atoms with E-state index in [0.717, 1.165) is 15.7 Å². The number of hydrogen-bond donors (Lipinski definition) is 1. The maximum Gasteiger partial charge on any atom is 0.313 e. The van der Waals surface area contributed by atoms with Gasteiger partial charge < -0.3 is 10.1 Å². The maximum atomic E-state index is 12.2. The number of hydrogen-bond acceptors (Lipinski definition) is 3. The van der Waals surface area contributed by atoms with Crippen molar-refractivity contribution in [2.45, 2.75) is 19.9 Å². The van der Waals surface area contributed by atoms with Gasteiger partial charge in [0.05, 0.1) is 18.6 Å². The molecule has 1 N–H and O–H groups in total. The lowest BCUT2D eigenvalue weighted by Crippen LogP contribution is -2.36. The molecule has 0 aliphatic rings. The zero-order chi connectivity index (χ0) is 16.2. The van der Waals surface area contributed by atoms with Gasteiger partial charge in [0, 0.05) is 10.2 Å². The highest BCUT2D eigenvalue weighted by atomic mass is 79.9. The van der Waals surface area contributed by atoms with E-state index in [9.17, 15) is 4.79 Å². The van der Waals surface area contributed by atoms with Crippen LogP contribution in [-0.4, -0.2) is 13.1 Å². The SMILES string of the molecule is COC(=O)C(C)(C)C(Nc1ccc(Br)cc1)c1ccccc1. The summed E-state index contributed by atoms with van der Waals surface area (Å²) in [4.78, 5) is 12.2. The van der Waals surface area contributed by atoms with Crippen molar-refractivity contribution in [2.75, 3.05) is 12.4 Å². The summed E-state index contributed by atoms with van der Waals surface area (Å²) in [5, 5.41) is 3.46. The molecule has 116 valence electrons. The number of carbonyl (C=O) groups is 1. The molecule has 0 fully saturated rings. The van der Waals surface area contributed by atoms with Gasteiger partial charge >= 0.3 is 5.97 Å². The molecule has 0 saturated heterocycles. The number of carbonyl (C=O) groups excluding carboxylic acids is 1. The van der Waals surface area contributed by atoms with Crippen molar-refractivity contribution in [3.05, 3.63) is 64.6 Å². The van der Waals surface area contributed by atoms with Crippen molar-refractivity contribution in [3.63, 3.8) is 0 Å². The number of rotatable bonds is 5. The molecule has 0 aliphatic carbocycles. The second-order valence-electron chi connectivity index (χ2n) is 5.71. The van der Waals surface area contributed by atoms with Gasteiger partial charge in [0.1, 0.15) is 0 Å². The fourth-order valence-corrected chi connectivity index (χ4v) is 2.68. The average Bonchev–Trinajstić information content (AvgIpc) is 2.54. The van der Waals surface area contributed by atoms with Crippen LogP contribution in [0.3, 0.4) is 0 Å². The minimum absolute atomic E-state index is 0.192. The van der Waals surface area contributed by atoms with Crippen LogP contribution in [0.5, 0.6) is 0 Å². The first-order chi connectivity index (χ1) is 10.4. The lowest BCUT2D eigenvalue weighted by Gasteiger charge is -2.33. The van der Waals surface area contributed by atoms with E-state index in [1.165, 1.54) is 7.11 Å². The fourth-order valence-electron chi connectivity index (χ4n) is 2.42. The van der Waals surface area contributed by atoms with Crippen LogP contribution >= 0.6 is 15.9 Å². The van der Waals surface area contributed by atoms with Gasteiger partial charge in [-0.2, -0.15) is 0 Å². The topological polar surface area (TPSA) is 38.3 Å². The summed E-state index contributed by atoms with van der Waals surface area (Å²) in [6.07, 6.45) is 0. The molecule has 0 aliphatic heterocycles. The van der Waals surface area contributed by atoms with Crippen molar-refractivity contribution < 1.29 is 9.53 Å². The van der Waals surface area contributed by atoms with E-state index in [-0.39, 0.29) is 12.0 Å². The van der Waals surface area contributed by atoms with Crippen LogP contribution in [0.25, 0.3) is 0 Å². The van der Waals surface area contributed by atoms with Crippen LogP contribution < -0.4 is 5.32 Å². The van der Waals surface area contributed by atoms with Crippen LogP contribution in [0.15, 0.2) is 59.1 Å². The Morgan fingerprint density at radius 2 is 1.68 bits per heavy atom. The first kappa shape index (κ1) is 16.6. The maximum absolute atomic E-state index is 12.2. The van der Waals surface area contributed by atoms with E-state index < -0.39 is 5.41 Å². The van der Waals surface area contributed by atoms with Gasteiger partial charge in [0.25, 0.3) is 0 Å². The Hall–Kier alpha value is -1.81. The summed E-state index contributed by atoms with van der Waals surface area (Å²) < 4.78 is 6.00. The number of benzene rings is 2. The van der Waals surface area contributed by atoms with Gasteiger partial charge in [0.2, 0.25) is 0 Å². The van der Waals surface area contributed by atoms with Gasteiger partial charge in [-0.15, -0.1) is 0 Å². The highest BCUT2D eigenvalue weighted by molar-refractivity contribution is 9.10. The Balaban J connectivity index is 2.38. The minimum atomic E-state index is -0.705. The largest absolute Gasteiger partial charge is 0.469 e. The third kappa shape index (κ3) is 3.69. The van der Waals surface area contributed by atoms with Crippen LogP contribution in [0, 0.1) is 5.41 Å². The van der Waals surface area contributed by atoms with Gasteiger partial charge in [-0.25, -0.2) is 0 Å². The lowest BCUT2D eigenvalue weighted by atomic mass is 9.80. The molecular weight excluding hydrogens is 342 g/mol. The van der Waals surface area contributed by atoms with E-state index in [2.05, 4.69) is 21.2 Å². The molecule has 1 atom stereocenters. The summed E-state index contributed by atoms with van der Waals surface area (Å²) in [5.74, 6) is -0.244. The zero-order valence-electron chi connectivity index (χ0n) is 13.0. The van der Waals surface area contributed by atoms with Gasteiger partial charge in [-0.3, -0.25) is 4.79 Å². The molecule has 22 heavy (non-hydrogen) atoms. The molecule has 0 bridgehead atoms. The number of halogens is 1. The molecule has 2 rings (SSSR count). The fraction of sp³-hybridized carbons (Fsp3) is 0.278. The number of esters is 1. The van der Waals surface area contributed by atoms with E-state index in [4.69, 9.17) is 4.74 Å². The quantitative estimate of drug-likeness (QED) is 0.777. The smallest absolute Gasteiger partial charge is 0.313 e.